The first-order valence-corrected chi connectivity index (χ1v) is 10.1. The van der Waals surface area contributed by atoms with Crippen LogP contribution in [0.15, 0.2) is 24.3 Å². The van der Waals surface area contributed by atoms with Crippen LogP contribution in [0.5, 0.6) is 5.75 Å². The maximum atomic E-state index is 11.6. The molecule has 1 saturated heterocycles. The molecule has 0 radical (unpaired) electrons. The summed E-state index contributed by atoms with van der Waals surface area (Å²) in [4.78, 5) is 14.1. The van der Waals surface area contributed by atoms with Gasteiger partial charge < -0.3 is 15.4 Å². The van der Waals surface area contributed by atoms with Gasteiger partial charge in [-0.2, -0.15) is 0 Å². The van der Waals surface area contributed by atoms with Crippen molar-refractivity contribution in [1.29, 1.82) is 0 Å². The van der Waals surface area contributed by atoms with Crippen molar-refractivity contribution in [2.45, 2.75) is 39.2 Å². The third-order valence-electron chi connectivity index (χ3n) is 4.26. The molecule has 2 amide bonds. The van der Waals surface area contributed by atoms with Crippen molar-refractivity contribution < 1.29 is 9.53 Å². The van der Waals surface area contributed by atoms with E-state index in [-0.39, 0.29) is 6.03 Å². The lowest BCUT2D eigenvalue weighted by molar-refractivity contribution is 0.220. The third-order valence-corrected chi connectivity index (χ3v) is 4.50. The minimum atomic E-state index is -0.321. The van der Waals surface area contributed by atoms with Gasteiger partial charge in [0.25, 0.3) is 0 Å². The highest BCUT2D eigenvalue weighted by Crippen LogP contribution is 2.17. The number of hydrogen-bond donors (Lipinski definition) is 4. The van der Waals surface area contributed by atoms with E-state index < -0.39 is 0 Å². The van der Waals surface area contributed by atoms with Gasteiger partial charge in [-0.1, -0.05) is 18.6 Å². The predicted octanol–water partition coefficient (Wildman–Crippen LogP) is 2.14. The Morgan fingerprint density at radius 1 is 1.19 bits per heavy atom. The van der Waals surface area contributed by atoms with E-state index in [0.717, 1.165) is 18.7 Å². The maximum Gasteiger partial charge on any atom is 0.333 e. The summed E-state index contributed by atoms with van der Waals surface area (Å²) in [6, 6.07) is 7.96. The van der Waals surface area contributed by atoms with E-state index in [1.807, 2.05) is 19.1 Å². The Balaban J connectivity index is 1.59. The molecular weight excluding hydrogens is 362 g/mol. The molecule has 1 heterocycles. The number of urea groups is 1. The number of nitrogens with one attached hydrogen (secondary N) is 4. The van der Waals surface area contributed by atoms with Gasteiger partial charge in [0.05, 0.1) is 6.61 Å². The van der Waals surface area contributed by atoms with Crippen molar-refractivity contribution in [1.82, 2.24) is 26.4 Å². The van der Waals surface area contributed by atoms with Crippen molar-refractivity contribution in [2.24, 2.45) is 0 Å². The second-order valence-electron chi connectivity index (χ2n) is 6.55. The molecule has 0 spiro atoms. The Kier molecular flexibility index (Phi) is 9.72. The lowest BCUT2D eigenvalue weighted by atomic mass is 10.1. The van der Waals surface area contributed by atoms with Gasteiger partial charge in [-0.05, 0) is 69.2 Å². The number of carbonyl (C=O) groups excluding carboxylic acids is 1. The highest BCUT2D eigenvalue weighted by atomic mass is 32.1. The summed E-state index contributed by atoms with van der Waals surface area (Å²) < 4.78 is 5.81. The lowest BCUT2D eigenvalue weighted by Gasteiger charge is -2.26. The summed E-state index contributed by atoms with van der Waals surface area (Å²) in [6.07, 6.45) is 4.67. The molecule has 1 aromatic carbocycles. The van der Waals surface area contributed by atoms with Crippen LogP contribution in [-0.4, -0.2) is 48.8 Å². The number of hydrazine groups is 1. The molecule has 0 saturated carbocycles. The smallest absolute Gasteiger partial charge is 0.333 e. The van der Waals surface area contributed by atoms with Crippen LogP contribution in [0, 0.1) is 0 Å². The molecule has 150 valence electrons. The van der Waals surface area contributed by atoms with E-state index in [4.69, 9.17) is 17.0 Å². The fraction of sp³-hybridized carbons (Fsp3) is 0.579. The van der Waals surface area contributed by atoms with Crippen LogP contribution < -0.4 is 26.2 Å². The highest BCUT2D eigenvalue weighted by molar-refractivity contribution is 7.80. The number of carbonyl (C=O) groups is 1. The molecule has 0 unspecified atom stereocenters. The Morgan fingerprint density at radius 2 is 2.00 bits per heavy atom. The molecule has 0 aliphatic carbocycles. The van der Waals surface area contributed by atoms with Gasteiger partial charge in [0.2, 0.25) is 0 Å². The van der Waals surface area contributed by atoms with Gasteiger partial charge in [0.15, 0.2) is 5.11 Å². The van der Waals surface area contributed by atoms with Crippen LogP contribution in [0.3, 0.4) is 0 Å². The molecule has 0 bridgehead atoms. The van der Waals surface area contributed by atoms with E-state index in [9.17, 15) is 4.79 Å². The quantitative estimate of drug-likeness (QED) is 0.308. The normalized spacial score (nSPS) is 14.3. The number of benzene rings is 1. The average Bonchev–Trinajstić information content (AvgIpc) is 2.67. The van der Waals surface area contributed by atoms with Crippen LogP contribution in [0.2, 0.25) is 0 Å². The molecular formula is C19H31N5O2S. The molecule has 1 aliphatic heterocycles. The second-order valence-corrected chi connectivity index (χ2v) is 6.96. The van der Waals surface area contributed by atoms with E-state index in [1.165, 1.54) is 37.9 Å². The Labute approximate surface area is 167 Å². The Morgan fingerprint density at radius 3 is 2.78 bits per heavy atom. The molecule has 1 aromatic rings. The summed E-state index contributed by atoms with van der Waals surface area (Å²) in [5.41, 5.74) is 6.37. The number of hydrogen-bond acceptors (Lipinski definition) is 4. The second kappa shape index (κ2) is 12.3. The Hall–Kier alpha value is -2.06. The van der Waals surface area contributed by atoms with Gasteiger partial charge in [0.1, 0.15) is 5.75 Å². The first kappa shape index (κ1) is 21.2. The maximum absolute atomic E-state index is 11.6. The molecule has 2 rings (SSSR count). The van der Waals surface area contributed by atoms with Gasteiger partial charge in [-0.25, -0.2) is 10.2 Å². The largest absolute Gasteiger partial charge is 0.494 e. The van der Waals surface area contributed by atoms with Crippen LogP contribution in [0.4, 0.5) is 4.79 Å². The van der Waals surface area contributed by atoms with Crippen molar-refractivity contribution in [3.63, 3.8) is 0 Å². The van der Waals surface area contributed by atoms with Gasteiger partial charge >= 0.3 is 6.03 Å². The topological polar surface area (TPSA) is 77.7 Å². The number of likely N-dealkylation sites (tertiary alicyclic amines) is 1. The zero-order valence-electron chi connectivity index (χ0n) is 16.1. The molecule has 1 aliphatic rings. The SMILES string of the molecule is CCNC(=S)NNC(=O)NCCCOc1cccc(CN2CCCCC2)c1. The van der Waals surface area contributed by atoms with Crippen LogP contribution in [-0.2, 0) is 6.54 Å². The van der Waals surface area contributed by atoms with Crippen LogP contribution in [0.1, 0.15) is 38.2 Å². The number of thiocarbonyl (C=S) groups is 1. The number of amides is 2. The Bertz CT molecular complexity index is 593. The van der Waals surface area contributed by atoms with Crippen molar-refractivity contribution >= 4 is 23.4 Å². The average molecular weight is 394 g/mol. The summed E-state index contributed by atoms with van der Waals surface area (Å²) >= 11 is 4.95. The fourth-order valence-corrected chi connectivity index (χ4v) is 3.13. The van der Waals surface area contributed by atoms with Crippen molar-refractivity contribution in [2.75, 3.05) is 32.8 Å². The van der Waals surface area contributed by atoms with Crippen molar-refractivity contribution in [3.05, 3.63) is 29.8 Å². The molecule has 27 heavy (non-hydrogen) atoms. The number of ether oxygens (including phenoxy) is 1. The molecule has 7 nitrogen and oxygen atoms in total. The lowest BCUT2D eigenvalue weighted by Crippen LogP contribution is -2.50. The van der Waals surface area contributed by atoms with E-state index in [1.54, 1.807) is 0 Å². The third kappa shape index (κ3) is 8.92. The molecule has 0 aromatic heterocycles. The number of piperidine rings is 1. The minimum Gasteiger partial charge on any atom is -0.494 e. The van der Waals surface area contributed by atoms with Crippen LogP contribution in [0.25, 0.3) is 0 Å². The van der Waals surface area contributed by atoms with Crippen LogP contribution >= 0.6 is 12.2 Å². The summed E-state index contributed by atoms with van der Waals surface area (Å²) in [5, 5.41) is 6.01. The summed E-state index contributed by atoms with van der Waals surface area (Å²) in [6.45, 7) is 7.06. The number of nitrogens with zero attached hydrogens (tertiary/aromatic N) is 1. The first-order chi connectivity index (χ1) is 13.2. The number of rotatable bonds is 8. The molecule has 0 atom stereocenters. The van der Waals surface area contributed by atoms with Gasteiger partial charge in [0, 0.05) is 19.6 Å². The van der Waals surface area contributed by atoms with E-state index >= 15 is 0 Å². The molecule has 4 N–H and O–H groups in total. The van der Waals surface area contributed by atoms with E-state index in [0.29, 0.717) is 24.8 Å². The first-order valence-electron chi connectivity index (χ1n) is 9.69. The molecule has 8 heteroatoms. The zero-order chi connectivity index (χ0) is 19.3. The standard InChI is InChI=1S/C19H31N5O2S/c1-2-20-19(27)23-22-18(25)21-10-7-13-26-17-9-6-8-16(14-17)15-24-11-4-3-5-12-24/h6,8-9,14H,2-5,7,10-13,15H2,1H3,(H2,20,23,27)(H2,21,22,25). The van der Waals surface area contributed by atoms with E-state index in [2.05, 4.69) is 38.5 Å². The van der Waals surface area contributed by atoms with Gasteiger partial charge in [-0.3, -0.25) is 10.3 Å². The highest BCUT2D eigenvalue weighted by Gasteiger charge is 2.10. The minimum absolute atomic E-state index is 0.321. The summed E-state index contributed by atoms with van der Waals surface area (Å²) in [5.74, 6) is 0.881. The van der Waals surface area contributed by atoms with Crippen molar-refractivity contribution in [3.8, 4) is 5.75 Å². The summed E-state index contributed by atoms with van der Waals surface area (Å²) in [7, 11) is 0. The zero-order valence-corrected chi connectivity index (χ0v) is 16.9. The molecule has 1 fully saturated rings. The van der Waals surface area contributed by atoms with Gasteiger partial charge in [-0.15, -0.1) is 0 Å². The monoisotopic (exact) mass is 393 g/mol. The fourth-order valence-electron chi connectivity index (χ4n) is 2.94. The predicted molar refractivity (Wildman–Crippen MR) is 112 cm³/mol.